The summed E-state index contributed by atoms with van der Waals surface area (Å²) < 4.78 is 42.2. The molecule has 0 radical (unpaired) electrons. The lowest BCUT2D eigenvalue weighted by Crippen LogP contribution is -2.54. The number of alkyl halides is 3. The Morgan fingerprint density at radius 2 is 2.17 bits per heavy atom. The predicted octanol–water partition coefficient (Wildman–Crippen LogP) is 1.04. The summed E-state index contributed by atoms with van der Waals surface area (Å²) in [5.74, 6) is 0. The quantitative estimate of drug-likeness (QED) is 0.793. The van der Waals surface area contributed by atoms with Gasteiger partial charge in [0.2, 0.25) is 0 Å². The SMILES string of the molecule is NC1(c2ccc(C(F)(F)F)cn2)CCOCC1O. The highest BCUT2D eigenvalue weighted by atomic mass is 19.4. The molecule has 1 aromatic heterocycles. The molecule has 0 aromatic carbocycles. The van der Waals surface area contributed by atoms with Crippen molar-refractivity contribution in [2.75, 3.05) is 13.2 Å². The number of nitrogens with two attached hydrogens (primary N) is 1. The molecule has 7 heteroatoms. The van der Waals surface area contributed by atoms with E-state index in [1.807, 2.05) is 0 Å². The molecule has 18 heavy (non-hydrogen) atoms. The minimum atomic E-state index is -4.43. The number of aliphatic hydroxyl groups is 1. The third-order valence-corrected chi connectivity index (χ3v) is 3.10. The zero-order chi connectivity index (χ0) is 13.4. The minimum Gasteiger partial charge on any atom is -0.388 e. The second kappa shape index (κ2) is 4.49. The standard InChI is InChI=1S/C11H13F3N2O2/c12-11(13,14)7-1-2-8(16-5-7)10(15)3-4-18-6-9(10)17/h1-2,5,9,17H,3-4,6,15H2. The van der Waals surface area contributed by atoms with Gasteiger partial charge in [-0.2, -0.15) is 13.2 Å². The Balaban J connectivity index is 2.28. The van der Waals surface area contributed by atoms with Crippen LogP contribution in [0.25, 0.3) is 0 Å². The van der Waals surface area contributed by atoms with Gasteiger partial charge in [0.05, 0.1) is 23.4 Å². The summed E-state index contributed by atoms with van der Waals surface area (Å²) >= 11 is 0. The third-order valence-electron chi connectivity index (χ3n) is 3.10. The molecule has 0 saturated carbocycles. The zero-order valence-corrected chi connectivity index (χ0v) is 9.44. The van der Waals surface area contributed by atoms with Crippen LogP contribution in [0, 0.1) is 0 Å². The van der Waals surface area contributed by atoms with Crippen LogP contribution in [-0.4, -0.2) is 29.4 Å². The van der Waals surface area contributed by atoms with Crippen LogP contribution in [0.2, 0.25) is 0 Å². The maximum Gasteiger partial charge on any atom is 0.417 e. The van der Waals surface area contributed by atoms with Gasteiger partial charge in [0.15, 0.2) is 0 Å². The van der Waals surface area contributed by atoms with E-state index in [4.69, 9.17) is 10.5 Å². The van der Waals surface area contributed by atoms with Crippen LogP contribution >= 0.6 is 0 Å². The van der Waals surface area contributed by atoms with E-state index < -0.39 is 23.4 Å². The summed E-state index contributed by atoms with van der Waals surface area (Å²) in [6.07, 6.45) is -4.37. The molecule has 0 amide bonds. The average molecular weight is 262 g/mol. The van der Waals surface area contributed by atoms with E-state index in [1.54, 1.807) is 0 Å². The Kier molecular flexibility index (Phi) is 3.31. The molecular weight excluding hydrogens is 249 g/mol. The first kappa shape index (κ1) is 13.3. The van der Waals surface area contributed by atoms with Crippen molar-refractivity contribution in [3.05, 3.63) is 29.6 Å². The lowest BCUT2D eigenvalue weighted by molar-refractivity contribution is -0.137. The number of ether oxygens (including phenoxy) is 1. The molecule has 2 atom stereocenters. The Hall–Kier alpha value is -1.18. The van der Waals surface area contributed by atoms with E-state index in [0.717, 1.165) is 12.3 Å². The summed E-state index contributed by atoms with van der Waals surface area (Å²) in [6.45, 7) is 0.398. The smallest absolute Gasteiger partial charge is 0.388 e. The average Bonchev–Trinajstić information content (AvgIpc) is 2.32. The molecule has 4 nitrogen and oxygen atoms in total. The van der Waals surface area contributed by atoms with Crippen LogP contribution in [0.15, 0.2) is 18.3 Å². The second-order valence-electron chi connectivity index (χ2n) is 4.31. The molecule has 1 aromatic rings. The number of aromatic nitrogens is 1. The molecule has 2 heterocycles. The lowest BCUT2D eigenvalue weighted by atomic mass is 9.85. The first-order chi connectivity index (χ1) is 8.34. The Bertz CT molecular complexity index is 421. The molecule has 1 aliphatic heterocycles. The Morgan fingerprint density at radius 1 is 1.44 bits per heavy atom. The largest absolute Gasteiger partial charge is 0.417 e. The molecule has 3 N–H and O–H groups in total. The molecule has 1 saturated heterocycles. The van der Waals surface area contributed by atoms with Crippen LogP contribution in [-0.2, 0) is 16.5 Å². The molecule has 0 spiro atoms. The number of halogens is 3. The fourth-order valence-electron chi connectivity index (χ4n) is 1.89. The predicted molar refractivity (Wildman–Crippen MR) is 56.5 cm³/mol. The first-order valence-corrected chi connectivity index (χ1v) is 5.42. The Morgan fingerprint density at radius 3 is 2.67 bits per heavy atom. The fourth-order valence-corrected chi connectivity index (χ4v) is 1.89. The van der Waals surface area contributed by atoms with Gasteiger partial charge in [0, 0.05) is 12.8 Å². The molecule has 2 unspecified atom stereocenters. The van der Waals surface area contributed by atoms with Gasteiger partial charge in [-0.1, -0.05) is 0 Å². The van der Waals surface area contributed by atoms with Crippen molar-refractivity contribution < 1.29 is 23.0 Å². The summed E-state index contributed by atoms with van der Waals surface area (Å²) in [4.78, 5) is 3.73. The Labute approximate surface area is 102 Å². The van der Waals surface area contributed by atoms with Gasteiger partial charge in [-0.25, -0.2) is 0 Å². The molecule has 0 bridgehead atoms. The van der Waals surface area contributed by atoms with Crippen molar-refractivity contribution >= 4 is 0 Å². The van der Waals surface area contributed by atoms with Gasteiger partial charge in [0.25, 0.3) is 0 Å². The monoisotopic (exact) mass is 262 g/mol. The normalized spacial score (nSPS) is 29.3. The van der Waals surface area contributed by atoms with Crippen molar-refractivity contribution in [2.45, 2.75) is 24.2 Å². The minimum absolute atomic E-state index is 0.0548. The molecule has 0 aliphatic carbocycles. The van der Waals surface area contributed by atoms with Gasteiger partial charge in [-0.05, 0) is 18.6 Å². The molecule has 100 valence electrons. The van der Waals surface area contributed by atoms with E-state index in [1.165, 1.54) is 6.07 Å². The highest BCUT2D eigenvalue weighted by Crippen LogP contribution is 2.32. The van der Waals surface area contributed by atoms with Crippen molar-refractivity contribution in [3.8, 4) is 0 Å². The number of pyridine rings is 1. The maximum absolute atomic E-state index is 12.4. The van der Waals surface area contributed by atoms with Crippen LogP contribution in [0.5, 0.6) is 0 Å². The van der Waals surface area contributed by atoms with Crippen molar-refractivity contribution in [3.63, 3.8) is 0 Å². The number of hydrogen-bond donors (Lipinski definition) is 2. The topological polar surface area (TPSA) is 68.4 Å². The third kappa shape index (κ3) is 2.33. The summed E-state index contributed by atoms with van der Waals surface area (Å²) in [6, 6.07) is 2.12. The highest BCUT2D eigenvalue weighted by molar-refractivity contribution is 5.23. The van der Waals surface area contributed by atoms with Crippen molar-refractivity contribution in [2.24, 2.45) is 5.73 Å². The van der Waals surface area contributed by atoms with Crippen LogP contribution < -0.4 is 5.73 Å². The molecule has 1 fully saturated rings. The second-order valence-corrected chi connectivity index (χ2v) is 4.31. The van der Waals surface area contributed by atoms with Crippen molar-refractivity contribution in [1.82, 2.24) is 4.98 Å². The van der Waals surface area contributed by atoms with E-state index in [9.17, 15) is 18.3 Å². The van der Waals surface area contributed by atoms with Gasteiger partial charge >= 0.3 is 6.18 Å². The first-order valence-electron chi connectivity index (χ1n) is 5.42. The zero-order valence-electron chi connectivity index (χ0n) is 9.44. The van der Waals surface area contributed by atoms with E-state index >= 15 is 0 Å². The molecular formula is C11H13F3N2O2. The van der Waals surface area contributed by atoms with Gasteiger partial charge < -0.3 is 15.6 Å². The van der Waals surface area contributed by atoms with Crippen LogP contribution in [0.1, 0.15) is 17.7 Å². The number of rotatable bonds is 1. The highest BCUT2D eigenvalue weighted by Gasteiger charge is 2.40. The van der Waals surface area contributed by atoms with E-state index in [2.05, 4.69) is 4.98 Å². The van der Waals surface area contributed by atoms with Crippen LogP contribution in [0.3, 0.4) is 0 Å². The van der Waals surface area contributed by atoms with Crippen LogP contribution in [0.4, 0.5) is 13.2 Å². The summed E-state index contributed by atoms with van der Waals surface area (Å²) in [5.41, 5.74) is 4.26. The fraction of sp³-hybridized carbons (Fsp3) is 0.545. The number of nitrogens with zero attached hydrogens (tertiary/aromatic N) is 1. The molecule has 2 rings (SSSR count). The van der Waals surface area contributed by atoms with E-state index in [-0.39, 0.29) is 12.3 Å². The van der Waals surface area contributed by atoms with Gasteiger partial charge in [0.1, 0.15) is 6.10 Å². The maximum atomic E-state index is 12.4. The van der Waals surface area contributed by atoms with Gasteiger partial charge in [-0.3, -0.25) is 4.98 Å². The summed E-state index contributed by atoms with van der Waals surface area (Å²) in [7, 11) is 0. The van der Waals surface area contributed by atoms with E-state index in [0.29, 0.717) is 13.0 Å². The number of aliphatic hydroxyl groups excluding tert-OH is 1. The van der Waals surface area contributed by atoms with Gasteiger partial charge in [-0.15, -0.1) is 0 Å². The summed E-state index contributed by atoms with van der Waals surface area (Å²) in [5, 5.41) is 9.80. The lowest BCUT2D eigenvalue weighted by Gasteiger charge is -2.37. The van der Waals surface area contributed by atoms with Crippen molar-refractivity contribution in [1.29, 1.82) is 0 Å². The number of hydrogen-bond acceptors (Lipinski definition) is 4. The molecule has 1 aliphatic rings.